The Labute approximate surface area is 149 Å². The number of amides is 1. The molecule has 0 aliphatic carbocycles. The predicted octanol–water partition coefficient (Wildman–Crippen LogP) is 4.12. The number of rotatable bonds is 5. The molecule has 5 nitrogen and oxygen atoms in total. The molecule has 1 amide bonds. The van der Waals surface area contributed by atoms with Crippen LogP contribution in [0.5, 0.6) is 5.75 Å². The number of hydrogen-bond donors (Lipinski definition) is 1. The number of nitrogens with one attached hydrogen (secondary N) is 1. The van der Waals surface area contributed by atoms with Gasteiger partial charge in [0.1, 0.15) is 17.3 Å². The van der Waals surface area contributed by atoms with E-state index in [1.807, 2.05) is 23.6 Å². The summed E-state index contributed by atoms with van der Waals surface area (Å²) in [6, 6.07) is 9.52. The molecule has 0 saturated carbocycles. The lowest BCUT2D eigenvalue weighted by Gasteiger charge is -2.07. The molecule has 0 radical (unpaired) electrons. The van der Waals surface area contributed by atoms with Crippen LogP contribution in [0.25, 0.3) is 11.4 Å². The first-order valence-corrected chi connectivity index (χ1v) is 8.54. The molecule has 0 atom stereocenters. The fourth-order valence-electron chi connectivity index (χ4n) is 1.85. The van der Waals surface area contributed by atoms with Gasteiger partial charge in [-0.2, -0.15) is 0 Å². The average molecular weight is 408 g/mol. The minimum absolute atomic E-state index is 0.206. The van der Waals surface area contributed by atoms with Crippen LogP contribution >= 0.6 is 27.3 Å². The number of hydrogen-bond acceptors (Lipinski definition) is 5. The molecule has 3 aromatic rings. The molecule has 0 spiro atoms. The average Bonchev–Trinajstić information content (AvgIpc) is 3.03. The molecule has 0 unspecified atom stereocenters. The third kappa shape index (κ3) is 4.15. The number of halogens is 2. The fraction of sp³-hybridized carbons (Fsp3) is 0.0625. The summed E-state index contributed by atoms with van der Waals surface area (Å²) in [6.07, 6.45) is 1.68. The van der Waals surface area contributed by atoms with Crippen LogP contribution in [0.4, 0.5) is 9.52 Å². The zero-order valence-corrected chi connectivity index (χ0v) is 14.6. The molecule has 122 valence electrons. The van der Waals surface area contributed by atoms with Crippen LogP contribution in [-0.2, 0) is 4.79 Å². The zero-order chi connectivity index (χ0) is 16.9. The molecule has 2 heterocycles. The highest BCUT2D eigenvalue weighted by Crippen LogP contribution is 2.26. The number of ether oxygens (including phenoxy) is 1. The van der Waals surface area contributed by atoms with Crippen molar-refractivity contribution in [2.24, 2.45) is 0 Å². The third-order valence-electron chi connectivity index (χ3n) is 2.93. The van der Waals surface area contributed by atoms with Crippen LogP contribution in [0, 0.1) is 5.82 Å². The first kappa shape index (κ1) is 16.5. The first-order valence-electron chi connectivity index (χ1n) is 6.86. The maximum atomic E-state index is 13.0. The predicted molar refractivity (Wildman–Crippen MR) is 93.6 cm³/mol. The van der Waals surface area contributed by atoms with Gasteiger partial charge in [0.25, 0.3) is 5.91 Å². The van der Waals surface area contributed by atoms with Gasteiger partial charge < -0.3 is 4.74 Å². The lowest BCUT2D eigenvalue weighted by molar-refractivity contribution is -0.118. The van der Waals surface area contributed by atoms with Crippen molar-refractivity contribution in [2.75, 3.05) is 11.9 Å². The molecular weight excluding hydrogens is 397 g/mol. The molecule has 0 bridgehead atoms. The van der Waals surface area contributed by atoms with Crippen molar-refractivity contribution in [1.82, 2.24) is 9.97 Å². The van der Waals surface area contributed by atoms with Crippen molar-refractivity contribution in [2.45, 2.75) is 0 Å². The molecule has 24 heavy (non-hydrogen) atoms. The van der Waals surface area contributed by atoms with E-state index in [9.17, 15) is 9.18 Å². The van der Waals surface area contributed by atoms with Crippen LogP contribution in [-0.4, -0.2) is 22.5 Å². The Bertz CT molecular complexity index is 858. The minimum atomic E-state index is -0.386. The van der Waals surface area contributed by atoms with E-state index in [-0.39, 0.29) is 18.3 Å². The Morgan fingerprint density at radius 1 is 1.29 bits per heavy atom. The van der Waals surface area contributed by atoms with E-state index in [0.717, 1.165) is 5.69 Å². The highest BCUT2D eigenvalue weighted by atomic mass is 79.9. The van der Waals surface area contributed by atoms with E-state index in [2.05, 4.69) is 31.2 Å². The number of anilines is 1. The number of nitrogens with zero attached hydrogens (tertiary/aromatic N) is 2. The van der Waals surface area contributed by atoms with Crippen molar-refractivity contribution in [3.63, 3.8) is 0 Å². The van der Waals surface area contributed by atoms with E-state index in [0.29, 0.717) is 21.0 Å². The summed E-state index contributed by atoms with van der Waals surface area (Å²) in [4.78, 5) is 20.5. The van der Waals surface area contributed by atoms with Gasteiger partial charge in [0.2, 0.25) is 0 Å². The normalized spacial score (nSPS) is 10.4. The molecular formula is C16H11BrFN3O2S. The highest BCUT2D eigenvalue weighted by Gasteiger charge is 2.10. The van der Waals surface area contributed by atoms with Crippen molar-refractivity contribution < 1.29 is 13.9 Å². The summed E-state index contributed by atoms with van der Waals surface area (Å²) in [5, 5.41) is 4.93. The second-order valence-corrected chi connectivity index (χ2v) is 6.38. The Hall–Kier alpha value is -2.32. The maximum absolute atomic E-state index is 13.0. The van der Waals surface area contributed by atoms with Gasteiger partial charge in [-0.25, -0.2) is 9.37 Å². The van der Waals surface area contributed by atoms with Crippen LogP contribution in [0.2, 0.25) is 0 Å². The monoisotopic (exact) mass is 407 g/mol. The largest absolute Gasteiger partial charge is 0.483 e. The number of thiazole rings is 1. The van der Waals surface area contributed by atoms with Gasteiger partial charge in [-0.3, -0.25) is 15.1 Å². The van der Waals surface area contributed by atoms with Gasteiger partial charge >= 0.3 is 0 Å². The summed E-state index contributed by atoms with van der Waals surface area (Å²) in [7, 11) is 0. The second kappa shape index (κ2) is 7.50. The molecule has 0 fully saturated rings. The fourth-order valence-corrected chi connectivity index (χ4v) is 3.04. The third-order valence-corrected chi connectivity index (χ3v) is 4.31. The smallest absolute Gasteiger partial charge is 0.264 e. The summed E-state index contributed by atoms with van der Waals surface area (Å²) in [5.41, 5.74) is 1.43. The van der Waals surface area contributed by atoms with E-state index in [1.165, 1.54) is 29.5 Å². The van der Waals surface area contributed by atoms with Crippen molar-refractivity contribution in [3.05, 3.63) is 58.3 Å². The summed E-state index contributed by atoms with van der Waals surface area (Å²) >= 11 is 4.48. The Kier molecular flexibility index (Phi) is 5.17. The number of carbonyl (C=O) groups excluding carboxylic acids is 1. The van der Waals surface area contributed by atoms with Crippen molar-refractivity contribution in [1.29, 1.82) is 0 Å². The molecule has 8 heteroatoms. The molecule has 1 N–H and O–H groups in total. The van der Waals surface area contributed by atoms with Gasteiger partial charge in [0.05, 0.1) is 10.2 Å². The van der Waals surface area contributed by atoms with Crippen LogP contribution in [0.1, 0.15) is 0 Å². The number of benzene rings is 1. The van der Waals surface area contributed by atoms with E-state index >= 15 is 0 Å². The molecule has 0 aliphatic heterocycles. The van der Waals surface area contributed by atoms with Gasteiger partial charge in [-0.1, -0.05) is 6.07 Å². The maximum Gasteiger partial charge on any atom is 0.264 e. The van der Waals surface area contributed by atoms with Gasteiger partial charge in [-0.15, -0.1) is 11.3 Å². The van der Waals surface area contributed by atoms with Crippen LogP contribution in [0.15, 0.2) is 52.4 Å². The zero-order valence-electron chi connectivity index (χ0n) is 12.2. The van der Waals surface area contributed by atoms with Gasteiger partial charge in [0.15, 0.2) is 11.7 Å². The summed E-state index contributed by atoms with van der Waals surface area (Å²) in [5.74, 6) is -0.350. The molecule has 0 aliphatic rings. The Balaban J connectivity index is 1.58. The standard InChI is InChI=1S/C16H11BrFN3O2S/c17-11-7-10(18)4-5-14(11)23-8-15(22)21-16-20-13(9-24-16)12-3-1-2-6-19-12/h1-7,9H,8H2,(H,20,21,22). The topological polar surface area (TPSA) is 64.1 Å². The Morgan fingerprint density at radius 2 is 2.17 bits per heavy atom. The number of carbonyl (C=O) groups is 1. The van der Waals surface area contributed by atoms with E-state index in [1.54, 1.807) is 6.20 Å². The lowest BCUT2D eigenvalue weighted by atomic mass is 10.3. The van der Waals surface area contributed by atoms with Crippen LogP contribution < -0.4 is 10.1 Å². The number of pyridine rings is 1. The summed E-state index contributed by atoms with van der Waals surface area (Å²) in [6.45, 7) is -0.206. The quantitative estimate of drug-likeness (QED) is 0.690. The van der Waals surface area contributed by atoms with Gasteiger partial charge in [0, 0.05) is 11.6 Å². The lowest BCUT2D eigenvalue weighted by Crippen LogP contribution is -2.20. The number of aromatic nitrogens is 2. The molecule has 3 rings (SSSR count). The molecule has 1 aromatic carbocycles. The summed E-state index contributed by atoms with van der Waals surface area (Å²) < 4.78 is 18.8. The van der Waals surface area contributed by atoms with Crippen LogP contribution in [0.3, 0.4) is 0 Å². The Morgan fingerprint density at radius 3 is 2.92 bits per heavy atom. The van der Waals surface area contributed by atoms with Gasteiger partial charge in [-0.05, 0) is 46.3 Å². The van der Waals surface area contributed by atoms with Crippen molar-refractivity contribution >= 4 is 38.3 Å². The SMILES string of the molecule is O=C(COc1ccc(F)cc1Br)Nc1nc(-c2ccccn2)cs1. The second-order valence-electron chi connectivity index (χ2n) is 4.66. The minimum Gasteiger partial charge on any atom is -0.483 e. The van der Waals surface area contributed by atoms with E-state index in [4.69, 9.17) is 4.74 Å². The highest BCUT2D eigenvalue weighted by molar-refractivity contribution is 9.10. The molecule has 2 aromatic heterocycles. The van der Waals surface area contributed by atoms with Crippen molar-refractivity contribution in [3.8, 4) is 17.1 Å². The first-order chi connectivity index (χ1) is 11.6. The molecule has 0 saturated heterocycles. The van der Waals surface area contributed by atoms with E-state index < -0.39 is 0 Å².